The Kier molecular flexibility index (Phi) is 2.43. The number of pyridine rings is 1. The molecule has 0 atom stereocenters. The lowest BCUT2D eigenvalue weighted by Crippen LogP contribution is -2.06. The number of hydrogen-bond acceptors (Lipinski definition) is 3. The second-order valence-electron chi connectivity index (χ2n) is 3.04. The van der Waals surface area contributed by atoms with Crippen LogP contribution in [-0.4, -0.2) is 15.9 Å². The molecule has 0 amide bonds. The number of fused-ring (bicyclic) bond motifs is 1. The zero-order valence-electron chi connectivity index (χ0n) is 7.57. The van der Waals surface area contributed by atoms with Crippen molar-refractivity contribution in [3.05, 3.63) is 28.8 Å². The van der Waals surface area contributed by atoms with Crippen LogP contribution in [0.4, 0.5) is 5.69 Å². The molecule has 0 unspecified atom stereocenters. The fourth-order valence-electron chi connectivity index (χ4n) is 1.48. The molecule has 5 heteroatoms. The molecule has 0 bridgehead atoms. The maximum Gasteiger partial charge on any atom is 0.134 e. The van der Waals surface area contributed by atoms with Gasteiger partial charge in [-0.05, 0) is 34.6 Å². The summed E-state index contributed by atoms with van der Waals surface area (Å²) < 4.78 is 2.74. The summed E-state index contributed by atoms with van der Waals surface area (Å²) in [6.07, 6.45) is 2.69. The van der Waals surface area contributed by atoms with Crippen molar-refractivity contribution in [2.75, 3.05) is 12.3 Å². The van der Waals surface area contributed by atoms with Crippen molar-refractivity contribution in [3.63, 3.8) is 0 Å². The monoisotopic (exact) mass is 254 g/mol. The van der Waals surface area contributed by atoms with Gasteiger partial charge in [-0.2, -0.15) is 0 Å². The number of anilines is 1. The van der Waals surface area contributed by atoms with E-state index in [1.165, 1.54) is 0 Å². The van der Waals surface area contributed by atoms with E-state index in [0.29, 0.717) is 6.54 Å². The molecule has 74 valence electrons. The van der Waals surface area contributed by atoms with E-state index in [4.69, 9.17) is 11.5 Å². The number of nitrogens with two attached hydrogens (primary N) is 2. The van der Waals surface area contributed by atoms with Gasteiger partial charge in [-0.3, -0.25) is 0 Å². The highest BCUT2D eigenvalue weighted by Crippen LogP contribution is 2.24. The number of aromatic nitrogens is 2. The maximum absolute atomic E-state index is 5.84. The Morgan fingerprint density at radius 2 is 2.29 bits per heavy atom. The van der Waals surface area contributed by atoms with Gasteiger partial charge in [-0.25, -0.2) is 4.98 Å². The Balaban J connectivity index is 2.71. The van der Waals surface area contributed by atoms with Crippen LogP contribution in [0, 0.1) is 0 Å². The number of halogens is 1. The van der Waals surface area contributed by atoms with Gasteiger partial charge in [-0.15, -0.1) is 0 Å². The molecule has 2 aromatic rings. The number of imidazole rings is 1. The van der Waals surface area contributed by atoms with Crippen LogP contribution in [0.3, 0.4) is 0 Å². The molecule has 0 aliphatic heterocycles. The summed E-state index contributed by atoms with van der Waals surface area (Å²) in [6.45, 7) is 0.584. The molecular weight excluding hydrogens is 244 g/mol. The van der Waals surface area contributed by atoms with Crippen LogP contribution in [0.25, 0.3) is 5.52 Å². The lowest BCUT2D eigenvalue weighted by atomic mass is 10.3. The quantitative estimate of drug-likeness (QED) is 0.846. The topological polar surface area (TPSA) is 69.3 Å². The third-order valence-corrected chi connectivity index (χ3v) is 2.65. The zero-order valence-corrected chi connectivity index (χ0v) is 9.16. The number of nitrogen functional groups attached to an aromatic ring is 1. The molecule has 14 heavy (non-hydrogen) atoms. The Bertz CT molecular complexity index is 463. The van der Waals surface area contributed by atoms with Gasteiger partial charge in [0.15, 0.2) is 0 Å². The maximum atomic E-state index is 5.84. The molecule has 0 spiro atoms. The van der Waals surface area contributed by atoms with Crippen molar-refractivity contribution in [2.45, 2.75) is 6.42 Å². The standard InChI is InChI=1S/C9H11BrN4/c10-9-8-6(12)2-1-5-14(8)7(13-9)3-4-11/h1-2,5H,3-4,11-12H2. The van der Waals surface area contributed by atoms with Crippen LogP contribution in [-0.2, 0) is 6.42 Å². The van der Waals surface area contributed by atoms with E-state index < -0.39 is 0 Å². The van der Waals surface area contributed by atoms with E-state index in [9.17, 15) is 0 Å². The minimum Gasteiger partial charge on any atom is -0.397 e. The summed E-state index contributed by atoms with van der Waals surface area (Å²) >= 11 is 3.39. The number of hydrogen-bond donors (Lipinski definition) is 2. The zero-order chi connectivity index (χ0) is 10.1. The number of nitrogens with zero attached hydrogens (tertiary/aromatic N) is 2. The van der Waals surface area contributed by atoms with Crippen molar-refractivity contribution in [1.29, 1.82) is 0 Å². The van der Waals surface area contributed by atoms with Crippen LogP contribution < -0.4 is 11.5 Å². The first-order valence-electron chi connectivity index (χ1n) is 4.35. The van der Waals surface area contributed by atoms with E-state index in [1.54, 1.807) is 0 Å². The van der Waals surface area contributed by atoms with Crippen LogP contribution in [0.2, 0.25) is 0 Å². The molecule has 0 saturated carbocycles. The van der Waals surface area contributed by atoms with Gasteiger partial charge in [0, 0.05) is 12.6 Å². The highest BCUT2D eigenvalue weighted by Gasteiger charge is 2.09. The second-order valence-corrected chi connectivity index (χ2v) is 3.79. The van der Waals surface area contributed by atoms with Crippen LogP contribution >= 0.6 is 15.9 Å². The number of rotatable bonds is 2. The average molecular weight is 255 g/mol. The van der Waals surface area contributed by atoms with Crippen molar-refractivity contribution in [3.8, 4) is 0 Å². The molecule has 0 saturated heterocycles. The summed E-state index contributed by atoms with van der Waals surface area (Å²) in [5.41, 5.74) is 13.0. The van der Waals surface area contributed by atoms with Crippen LogP contribution in [0.1, 0.15) is 5.82 Å². The molecule has 4 N–H and O–H groups in total. The molecule has 2 aromatic heterocycles. The molecule has 0 aliphatic rings. The van der Waals surface area contributed by atoms with E-state index in [-0.39, 0.29) is 0 Å². The van der Waals surface area contributed by atoms with E-state index in [1.807, 2.05) is 22.7 Å². The first-order chi connectivity index (χ1) is 6.74. The Morgan fingerprint density at radius 1 is 1.50 bits per heavy atom. The minimum atomic E-state index is 0.584. The van der Waals surface area contributed by atoms with Crippen LogP contribution in [0.15, 0.2) is 22.9 Å². The molecule has 4 nitrogen and oxygen atoms in total. The molecule has 2 rings (SSSR count). The van der Waals surface area contributed by atoms with Gasteiger partial charge < -0.3 is 15.9 Å². The first kappa shape index (κ1) is 9.48. The highest BCUT2D eigenvalue weighted by atomic mass is 79.9. The fraction of sp³-hybridized carbons (Fsp3) is 0.222. The third kappa shape index (κ3) is 1.38. The van der Waals surface area contributed by atoms with Gasteiger partial charge in [0.05, 0.1) is 5.69 Å². The van der Waals surface area contributed by atoms with Crippen LogP contribution in [0.5, 0.6) is 0 Å². The first-order valence-corrected chi connectivity index (χ1v) is 5.14. The molecule has 0 radical (unpaired) electrons. The van der Waals surface area contributed by atoms with Gasteiger partial charge in [0.2, 0.25) is 0 Å². The Morgan fingerprint density at radius 3 is 3.00 bits per heavy atom. The van der Waals surface area contributed by atoms with Crippen molar-refractivity contribution in [1.82, 2.24) is 9.38 Å². The fourth-order valence-corrected chi connectivity index (χ4v) is 2.11. The molecule has 0 fully saturated rings. The summed E-state index contributed by atoms with van der Waals surface area (Å²) in [4.78, 5) is 4.36. The van der Waals surface area contributed by atoms with Crippen molar-refractivity contribution >= 4 is 27.1 Å². The van der Waals surface area contributed by atoms with Gasteiger partial charge in [0.25, 0.3) is 0 Å². The van der Waals surface area contributed by atoms with E-state index in [0.717, 1.165) is 28.1 Å². The lowest BCUT2D eigenvalue weighted by molar-refractivity contribution is 0.862. The smallest absolute Gasteiger partial charge is 0.134 e. The Labute approximate surface area is 90.0 Å². The normalized spacial score (nSPS) is 11.0. The molecule has 2 heterocycles. The highest BCUT2D eigenvalue weighted by molar-refractivity contribution is 9.10. The molecule has 0 aliphatic carbocycles. The van der Waals surface area contributed by atoms with Crippen molar-refractivity contribution in [2.24, 2.45) is 5.73 Å². The Hall–Kier alpha value is -1.07. The SMILES string of the molecule is NCCc1nc(Br)c2c(N)cccn12. The summed E-state index contributed by atoms with van der Waals surface area (Å²) in [6, 6.07) is 3.75. The summed E-state index contributed by atoms with van der Waals surface area (Å²) in [5.74, 6) is 0.932. The average Bonchev–Trinajstić information content (AvgIpc) is 2.46. The van der Waals surface area contributed by atoms with Crippen molar-refractivity contribution < 1.29 is 0 Å². The van der Waals surface area contributed by atoms with E-state index >= 15 is 0 Å². The lowest BCUT2D eigenvalue weighted by Gasteiger charge is -2.00. The predicted molar refractivity (Wildman–Crippen MR) is 60.1 cm³/mol. The summed E-state index contributed by atoms with van der Waals surface area (Å²) in [7, 11) is 0. The van der Waals surface area contributed by atoms with Gasteiger partial charge in [-0.1, -0.05) is 0 Å². The van der Waals surface area contributed by atoms with Gasteiger partial charge >= 0.3 is 0 Å². The molecule has 0 aromatic carbocycles. The largest absolute Gasteiger partial charge is 0.397 e. The third-order valence-electron chi connectivity index (χ3n) is 2.09. The molecular formula is C9H11BrN4. The predicted octanol–water partition coefficient (Wildman–Crippen LogP) is 1.18. The van der Waals surface area contributed by atoms with Gasteiger partial charge in [0.1, 0.15) is 15.9 Å². The second kappa shape index (κ2) is 3.59. The minimum absolute atomic E-state index is 0.584. The summed E-state index contributed by atoms with van der Waals surface area (Å²) in [5, 5.41) is 0. The van der Waals surface area contributed by atoms with E-state index in [2.05, 4.69) is 20.9 Å².